The van der Waals surface area contributed by atoms with Crippen LogP contribution in [0.25, 0.3) is 0 Å². The van der Waals surface area contributed by atoms with Crippen molar-refractivity contribution in [1.82, 2.24) is 10.2 Å². The molecule has 0 radical (unpaired) electrons. The van der Waals surface area contributed by atoms with Crippen molar-refractivity contribution >= 4 is 11.7 Å². The van der Waals surface area contributed by atoms with Gasteiger partial charge in [-0.25, -0.2) is 0 Å². The third-order valence-electron chi connectivity index (χ3n) is 2.56. The summed E-state index contributed by atoms with van der Waals surface area (Å²) < 4.78 is 0. The van der Waals surface area contributed by atoms with Gasteiger partial charge in [0, 0.05) is 12.1 Å². The number of aromatic hydroxyl groups is 2. The van der Waals surface area contributed by atoms with Gasteiger partial charge in [0.25, 0.3) is 0 Å². The molecule has 0 bridgehead atoms. The Labute approximate surface area is 118 Å². The van der Waals surface area contributed by atoms with Gasteiger partial charge in [0.05, 0.1) is 18.7 Å². The molecule has 0 spiro atoms. The average molecular weight is 280 g/mol. The molecule has 1 amide bonds. The molecule has 0 aromatic heterocycles. The summed E-state index contributed by atoms with van der Waals surface area (Å²) in [5.41, 5.74) is 0.124. The van der Waals surface area contributed by atoms with Crippen LogP contribution in [0.4, 0.5) is 0 Å². The van der Waals surface area contributed by atoms with E-state index < -0.39 is 0 Å². The van der Waals surface area contributed by atoms with E-state index in [0.717, 1.165) is 6.07 Å². The van der Waals surface area contributed by atoms with Gasteiger partial charge >= 0.3 is 0 Å². The molecule has 0 saturated carbocycles. The highest BCUT2D eigenvalue weighted by molar-refractivity contribution is 6.00. The minimum Gasteiger partial charge on any atom is -0.508 e. The number of likely N-dealkylation sites (N-methyl/N-ethyl adjacent to an activating group) is 1. The first-order chi connectivity index (χ1) is 9.29. The summed E-state index contributed by atoms with van der Waals surface area (Å²) in [6.07, 6.45) is 0. The molecule has 0 aliphatic carbocycles. The van der Waals surface area contributed by atoms with E-state index in [1.54, 1.807) is 11.9 Å². The minimum absolute atomic E-state index is 0.00382. The molecule has 3 N–H and O–H groups in total. The fourth-order valence-corrected chi connectivity index (χ4v) is 1.75. The Bertz CT molecular complexity index is 500. The number of phenolic OH excluding ortho intramolecular Hbond substituents is 2. The number of rotatable bonds is 6. The molecule has 20 heavy (non-hydrogen) atoms. The number of carbonyl (C=O) groups excluding carboxylic acids is 2. The molecule has 1 aromatic carbocycles. The van der Waals surface area contributed by atoms with Gasteiger partial charge in [-0.1, -0.05) is 0 Å². The molecule has 0 unspecified atom stereocenters. The molecule has 6 nitrogen and oxygen atoms in total. The van der Waals surface area contributed by atoms with Gasteiger partial charge in [0.15, 0.2) is 5.78 Å². The summed E-state index contributed by atoms with van der Waals surface area (Å²) in [4.78, 5) is 25.1. The molecular weight excluding hydrogens is 260 g/mol. The molecule has 0 aliphatic rings. The molecule has 0 heterocycles. The summed E-state index contributed by atoms with van der Waals surface area (Å²) in [5.74, 6) is -0.855. The van der Waals surface area contributed by atoms with E-state index in [-0.39, 0.29) is 47.9 Å². The fraction of sp³-hybridized carbons (Fsp3) is 0.429. The molecule has 0 aliphatic heterocycles. The number of hydrogen-bond acceptors (Lipinski definition) is 5. The van der Waals surface area contributed by atoms with Crippen molar-refractivity contribution in [3.63, 3.8) is 0 Å². The van der Waals surface area contributed by atoms with Gasteiger partial charge in [-0.15, -0.1) is 0 Å². The number of nitrogens with zero attached hydrogens (tertiary/aromatic N) is 1. The van der Waals surface area contributed by atoms with E-state index in [1.807, 2.05) is 13.8 Å². The Morgan fingerprint density at radius 3 is 2.45 bits per heavy atom. The molecule has 1 aromatic rings. The second-order valence-electron chi connectivity index (χ2n) is 5.02. The lowest BCUT2D eigenvalue weighted by molar-refractivity contribution is -0.122. The molecule has 1 rings (SSSR count). The van der Waals surface area contributed by atoms with Crippen molar-refractivity contribution in [1.29, 1.82) is 0 Å². The molecule has 0 saturated heterocycles. The van der Waals surface area contributed by atoms with E-state index in [0.29, 0.717) is 0 Å². The van der Waals surface area contributed by atoms with Crippen LogP contribution < -0.4 is 5.32 Å². The number of carbonyl (C=O) groups is 2. The Morgan fingerprint density at radius 1 is 1.25 bits per heavy atom. The van der Waals surface area contributed by atoms with Crippen LogP contribution in [0.2, 0.25) is 0 Å². The van der Waals surface area contributed by atoms with Gasteiger partial charge in [0.1, 0.15) is 11.5 Å². The van der Waals surface area contributed by atoms with Crippen LogP contribution in [-0.2, 0) is 4.79 Å². The summed E-state index contributed by atoms with van der Waals surface area (Å²) >= 11 is 0. The lowest BCUT2D eigenvalue weighted by Crippen LogP contribution is -2.40. The fourth-order valence-electron chi connectivity index (χ4n) is 1.75. The Hall–Kier alpha value is -2.08. The lowest BCUT2D eigenvalue weighted by atomic mass is 10.1. The second-order valence-corrected chi connectivity index (χ2v) is 5.02. The van der Waals surface area contributed by atoms with Crippen LogP contribution in [0, 0.1) is 0 Å². The summed E-state index contributed by atoms with van der Waals surface area (Å²) in [7, 11) is 1.65. The molecule has 6 heteroatoms. The van der Waals surface area contributed by atoms with Crippen LogP contribution in [0.5, 0.6) is 11.5 Å². The maximum atomic E-state index is 12.0. The van der Waals surface area contributed by atoms with Gasteiger partial charge < -0.3 is 15.5 Å². The quantitative estimate of drug-likeness (QED) is 0.669. The maximum Gasteiger partial charge on any atom is 0.234 e. The van der Waals surface area contributed by atoms with Crippen molar-refractivity contribution < 1.29 is 19.8 Å². The van der Waals surface area contributed by atoms with Gasteiger partial charge in [-0.05, 0) is 33.0 Å². The number of nitrogens with one attached hydrogen (secondary N) is 1. The Morgan fingerprint density at radius 2 is 1.90 bits per heavy atom. The molecule has 0 fully saturated rings. The van der Waals surface area contributed by atoms with Crippen molar-refractivity contribution in [3.05, 3.63) is 23.8 Å². The second kappa shape index (κ2) is 6.91. The van der Waals surface area contributed by atoms with Crippen LogP contribution in [0.3, 0.4) is 0 Å². The monoisotopic (exact) mass is 280 g/mol. The number of Topliss-reactive ketones (excluding diaryl/α,β-unsaturated/α-hetero) is 1. The third-order valence-corrected chi connectivity index (χ3v) is 2.56. The van der Waals surface area contributed by atoms with Crippen molar-refractivity contribution in [2.24, 2.45) is 0 Å². The van der Waals surface area contributed by atoms with E-state index in [2.05, 4.69) is 5.32 Å². The summed E-state index contributed by atoms with van der Waals surface area (Å²) in [5, 5.41) is 21.5. The Balaban J connectivity index is 2.59. The predicted octanol–water partition coefficient (Wildman–Crippen LogP) is 0.737. The van der Waals surface area contributed by atoms with Crippen LogP contribution in [0.15, 0.2) is 18.2 Å². The van der Waals surface area contributed by atoms with Gasteiger partial charge in [0.2, 0.25) is 5.91 Å². The van der Waals surface area contributed by atoms with Gasteiger partial charge in [-0.2, -0.15) is 0 Å². The average Bonchev–Trinajstić information content (AvgIpc) is 2.26. The topological polar surface area (TPSA) is 89.9 Å². The smallest absolute Gasteiger partial charge is 0.234 e. The lowest BCUT2D eigenvalue weighted by Gasteiger charge is -2.17. The van der Waals surface area contributed by atoms with Crippen LogP contribution >= 0.6 is 0 Å². The Kier molecular flexibility index (Phi) is 5.52. The number of benzene rings is 1. The maximum absolute atomic E-state index is 12.0. The summed E-state index contributed by atoms with van der Waals surface area (Å²) in [6.45, 7) is 3.82. The minimum atomic E-state index is -0.317. The standard InChI is InChI=1S/C14H20N2O4/c1-9(2)15-14(20)8-16(3)7-13(19)11-5-4-10(17)6-12(11)18/h4-6,9,17-18H,7-8H2,1-3H3,(H,15,20). The molecular formula is C14H20N2O4. The number of amides is 1. The van der Waals surface area contributed by atoms with Crippen molar-refractivity contribution in [2.45, 2.75) is 19.9 Å². The largest absolute Gasteiger partial charge is 0.508 e. The normalized spacial score (nSPS) is 10.8. The molecule has 0 atom stereocenters. The third kappa shape index (κ3) is 4.89. The van der Waals surface area contributed by atoms with Crippen LogP contribution in [0.1, 0.15) is 24.2 Å². The first-order valence-corrected chi connectivity index (χ1v) is 6.32. The number of hydrogen-bond donors (Lipinski definition) is 3. The van der Waals surface area contributed by atoms with E-state index in [1.165, 1.54) is 12.1 Å². The van der Waals surface area contributed by atoms with Gasteiger partial charge in [-0.3, -0.25) is 14.5 Å². The van der Waals surface area contributed by atoms with Crippen LogP contribution in [-0.4, -0.2) is 53.0 Å². The number of phenols is 2. The molecule has 110 valence electrons. The highest BCUT2D eigenvalue weighted by atomic mass is 16.3. The zero-order chi connectivity index (χ0) is 15.3. The predicted molar refractivity (Wildman–Crippen MR) is 74.9 cm³/mol. The van der Waals surface area contributed by atoms with E-state index >= 15 is 0 Å². The van der Waals surface area contributed by atoms with E-state index in [9.17, 15) is 14.7 Å². The van der Waals surface area contributed by atoms with E-state index in [4.69, 9.17) is 5.11 Å². The zero-order valence-corrected chi connectivity index (χ0v) is 11.9. The van der Waals surface area contributed by atoms with Crippen molar-refractivity contribution in [3.8, 4) is 11.5 Å². The summed E-state index contributed by atoms with van der Waals surface area (Å²) in [6, 6.07) is 3.85. The highest BCUT2D eigenvalue weighted by Crippen LogP contribution is 2.22. The van der Waals surface area contributed by atoms with Crippen molar-refractivity contribution in [2.75, 3.05) is 20.1 Å². The first-order valence-electron chi connectivity index (χ1n) is 6.32. The first kappa shape index (κ1) is 16.0. The highest BCUT2D eigenvalue weighted by Gasteiger charge is 2.15. The SMILES string of the molecule is CC(C)NC(=O)CN(C)CC(=O)c1ccc(O)cc1O. The number of ketones is 1. The zero-order valence-electron chi connectivity index (χ0n) is 11.9.